The molecule has 0 atom stereocenters. The molecule has 53 valence electrons. The van der Waals surface area contributed by atoms with E-state index in [1.807, 2.05) is 0 Å². The molecule has 0 saturated carbocycles. The Morgan fingerprint density at radius 2 is 2.00 bits per heavy atom. The van der Waals surface area contributed by atoms with E-state index in [0.29, 0.717) is 4.17 Å². The second kappa shape index (κ2) is 6.48. The normalized spacial score (nSPS) is 9.44. The first-order valence-electron chi connectivity index (χ1n) is 3.47. The van der Waals surface area contributed by atoms with Crippen LogP contribution in [-0.2, 0) is 24.6 Å². The number of hydrogen-bond acceptors (Lipinski definition) is 1. The van der Waals surface area contributed by atoms with Gasteiger partial charge < -0.3 is 0 Å². The summed E-state index contributed by atoms with van der Waals surface area (Å²) in [7, 11) is 0. The fraction of sp³-hybridized carbons (Fsp3) is 0.857. The van der Waals surface area contributed by atoms with Gasteiger partial charge in [-0.15, -0.1) is 0 Å². The predicted molar refractivity (Wildman–Crippen MR) is 33.8 cm³/mol. The van der Waals surface area contributed by atoms with E-state index in [1.54, 1.807) is 19.8 Å². The van der Waals surface area contributed by atoms with E-state index >= 15 is 0 Å². The minimum absolute atomic E-state index is 0.335. The summed E-state index contributed by atoms with van der Waals surface area (Å²) in [4.78, 5) is 10.4. The Morgan fingerprint density at radius 3 is 2.44 bits per heavy atom. The Bertz CT molecular complexity index is 81.0. The van der Waals surface area contributed by atoms with Gasteiger partial charge in [0.25, 0.3) is 0 Å². The fourth-order valence-corrected chi connectivity index (χ4v) is 1.05. The fourth-order valence-electron chi connectivity index (χ4n) is 0.696. The van der Waals surface area contributed by atoms with Crippen molar-refractivity contribution in [2.45, 2.75) is 39.0 Å². The van der Waals surface area contributed by atoms with E-state index < -0.39 is 0 Å². The number of hydrogen-bond donors (Lipinski definition) is 0. The summed E-state index contributed by atoms with van der Waals surface area (Å²) >= 11 is 1.59. The third-order valence-electron chi connectivity index (χ3n) is 1.23. The Balaban J connectivity index is 2.83. The van der Waals surface area contributed by atoms with Gasteiger partial charge in [-0.3, -0.25) is 0 Å². The molecule has 0 amide bonds. The van der Waals surface area contributed by atoms with Crippen molar-refractivity contribution in [3.63, 3.8) is 0 Å². The molecule has 0 aromatic rings. The molecule has 0 spiro atoms. The first-order chi connectivity index (χ1) is 4.27. The maximum atomic E-state index is 10.4. The first-order valence-corrected chi connectivity index (χ1v) is 4.47. The molecular formula is C7H13MoO. The Kier molecular flexibility index (Phi) is 6.74. The van der Waals surface area contributed by atoms with Gasteiger partial charge >= 0.3 is 67.8 Å². The zero-order valence-electron chi connectivity index (χ0n) is 5.85. The van der Waals surface area contributed by atoms with E-state index in [2.05, 4.69) is 6.92 Å². The second-order valence-corrected chi connectivity index (χ2v) is 3.30. The molecule has 0 aliphatic heterocycles. The molecule has 0 aromatic carbocycles. The molecule has 1 nitrogen and oxygen atoms in total. The van der Waals surface area contributed by atoms with Crippen molar-refractivity contribution in [2.24, 2.45) is 0 Å². The van der Waals surface area contributed by atoms with Crippen LogP contribution in [0.2, 0.25) is 0 Å². The molecule has 0 unspecified atom stereocenters. The van der Waals surface area contributed by atoms with E-state index in [0.717, 1.165) is 12.8 Å². The molecule has 0 bridgehead atoms. The van der Waals surface area contributed by atoms with Crippen LogP contribution in [0.15, 0.2) is 0 Å². The van der Waals surface area contributed by atoms with Crippen LogP contribution in [0.25, 0.3) is 0 Å². The summed E-state index contributed by atoms with van der Waals surface area (Å²) in [5.41, 5.74) is 0. The summed E-state index contributed by atoms with van der Waals surface area (Å²) in [6, 6.07) is 0. The van der Waals surface area contributed by atoms with Crippen LogP contribution >= 0.6 is 0 Å². The average Bonchev–Trinajstić information content (AvgIpc) is 1.80. The van der Waals surface area contributed by atoms with Crippen molar-refractivity contribution in [3.8, 4) is 0 Å². The predicted octanol–water partition coefficient (Wildman–Crippen LogP) is 2.03. The van der Waals surface area contributed by atoms with Gasteiger partial charge in [0.1, 0.15) is 0 Å². The topological polar surface area (TPSA) is 17.1 Å². The molecule has 0 radical (unpaired) electrons. The molecule has 0 fully saturated rings. The molecule has 0 N–H and O–H groups in total. The van der Waals surface area contributed by atoms with Crippen molar-refractivity contribution in [1.29, 1.82) is 0 Å². The zero-order valence-corrected chi connectivity index (χ0v) is 7.86. The van der Waals surface area contributed by atoms with E-state index in [9.17, 15) is 4.79 Å². The van der Waals surface area contributed by atoms with Gasteiger partial charge in [-0.25, -0.2) is 0 Å². The third-order valence-corrected chi connectivity index (χ3v) is 1.74. The first kappa shape index (κ1) is 9.36. The molecule has 0 heterocycles. The van der Waals surface area contributed by atoms with Crippen molar-refractivity contribution >= 4 is 4.17 Å². The third kappa shape index (κ3) is 8.36. The van der Waals surface area contributed by atoms with Crippen LogP contribution in [0.3, 0.4) is 0 Å². The zero-order chi connectivity index (χ0) is 7.11. The molecule has 9 heavy (non-hydrogen) atoms. The summed E-state index contributed by atoms with van der Waals surface area (Å²) in [5.74, 6) is 0. The second-order valence-electron chi connectivity index (χ2n) is 2.18. The van der Waals surface area contributed by atoms with Crippen molar-refractivity contribution < 1.29 is 24.6 Å². The minimum atomic E-state index is 0.335. The average molecular weight is 209 g/mol. The molecule has 0 aliphatic carbocycles. The Morgan fingerprint density at radius 1 is 1.33 bits per heavy atom. The van der Waals surface area contributed by atoms with Gasteiger partial charge in [0.15, 0.2) is 0 Å². The van der Waals surface area contributed by atoms with Crippen LogP contribution in [0.1, 0.15) is 39.0 Å². The van der Waals surface area contributed by atoms with E-state index in [-0.39, 0.29) is 0 Å². The summed E-state index contributed by atoms with van der Waals surface area (Å²) in [6.45, 7) is 2.17. The number of unbranched alkanes of at least 4 members (excludes halogenated alkanes) is 3. The molecule has 0 aromatic heterocycles. The maximum absolute atomic E-state index is 10.4. The van der Waals surface area contributed by atoms with Crippen molar-refractivity contribution in [1.82, 2.24) is 0 Å². The van der Waals surface area contributed by atoms with Gasteiger partial charge in [-0.05, 0) is 0 Å². The summed E-state index contributed by atoms with van der Waals surface area (Å²) in [6.07, 6.45) is 5.61. The quantitative estimate of drug-likeness (QED) is 0.500. The van der Waals surface area contributed by atoms with Crippen molar-refractivity contribution in [3.05, 3.63) is 0 Å². The van der Waals surface area contributed by atoms with Crippen LogP contribution < -0.4 is 0 Å². The Labute approximate surface area is 68.1 Å². The number of rotatable bonds is 5. The summed E-state index contributed by atoms with van der Waals surface area (Å²) < 4.78 is 0.335. The summed E-state index contributed by atoms with van der Waals surface area (Å²) in [5, 5.41) is 0. The van der Waals surface area contributed by atoms with Crippen LogP contribution in [0.5, 0.6) is 0 Å². The van der Waals surface area contributed by atoms with Crippen LogP contribution in [-0.4, -0.2) is 4.17 Å². The van der Waals surface area contributed by atoms with Crippen molar-refractivity contribution in [2.75, 3.05) is 0 Å². The van der Waals surface area contributed by atoms with Gasteiger partial charge in [0, 0.05) is 0 Å². The van der Waals surface area contributed by atoms with Gasteiger partial charge in [0.05, 0.1) is 0 Å². The standard InChI is InChI=1S/C7H13O.Mo/c1-2-3-4-5-6-7-8;/h2-6H2,1H3;. The van der Waals surface area contributed by atoms with Gasteiger partial charge in [-0.1, -0.05) is 0 Å². The number of carbonyl (C=O) groups excluding carboxylic acids is 1. The SMILES string of the molecule is CCCCCC[C](=O)[Mo]. The van der Waals surface area contributed by atoms with E-state index in [1.165, 1.54) is 19.3 Å². The molecule has 0 saturated heterocycles. The van der Waals surface area contributed by atoms with Crippen LogP contribution in [0, 0.1) is 0 Å². The Hall–Kier alpha value is 0.358. The van der Waals surface area contributed by atoms with Gasteiger partial charge in [-0.2, -0.15) is 0 Å². The number of carbonyl (C=O) groups is 1. The molecule has 2 heteroatoms. The monoisotopic (exact) mass is 211 g/mol. The molecule has 0 aliphatic rings. The van der Waals surface area contributed by atoms with Gasteiger partial charge in [0.2, 0.25) is 0 Å². The molecule has 0 rings (SSSR count). The van der Waals surface area contributed by atoms with Crippen LogP contribution in [0.4, 0.5) is 0 Å². The van der Waals surface area contributed by atoms with E-state index in [4.69, 9.17) is 0 Å². The molecular weight excluding hydrogens is 196 g/mol.